The van der Waals surface area contributed by atoms with Crippen LogP contribution in [0.4, 0.5) is 0 Å². The highest BCUT2D eigenvalue weighted by atomic mass is 16.5. The maximum atomic E-state index is 5.47. The number of aryl methyl sites for hydroxylation is 1. The van der Waals surface area contributed by atoms with Gasteiger partial charge >= 0.3 is 0 Å². The Labute approximate surface area is 174 Å². The van der Waals surface area contributed by atoms with Crippen molar-refractivity contribution in [3.8, 4) is 11.5 Å². The van der Waals surface area contributed by atoms with Gasteiger partial charge in [-0.1, -0.05) is 63.6 Å². The first kappa shape index (κ1) is 21.2. The van der Waals surface area contributed by atoms with Crippen molar-refractivity contribution < 1.29 is 9.47 Å². The first-order valence-electron chi connectivity index (χ1n) is 10.9. The Morgan fingerprint density at radius 2 is 1.55 bits per heavy atom. The molecule has 0 amide bonds. The molecule has 1 heterocycles. The van der Waals surface area contributed by atoms with Crippen molar-refractivity contribution in [3.05, 3.63) is 53.9 Å². The van der Waals surface area contributed by atoms with Crippen molar-refractivity contribution in [1.82, 2.24) is 9.55 Å². The molecule has 0 atom stereocenters. The van der Waals surface area contributed by atoms with Gasteiger partial charge in [0.05, 0.1) is 25.3 Å². The number of hydrogen-bond acceptors (Lipinski definition) is 3. The van der Waals surface area contributed by atoms with Crippen LogP contribution in [0.25, 0.3) is 11.0 Å². The van der Waals surface area contributed by atoms with Crippen LogP contribution in [0, 0.1) is 0 Å². The second-order valence-electron chi connectivity index (χ2n) is 7.66. The third-order valence-corrected chi connectivity index (χ3v) is 5.53. The predicted octanol–water partition coefficient (Wildman–Crippen LogP) is 6.39. The van der Waals surface area contributed by atoms with Crippen LogP contribution in [0.1, 0.15) is 63.3 Å². The summed E-state index contributed by atoms with van der Waals surface area (Å²) < 4.78 is 13.2. The molecule has 0 fully saturated rings. The van der Waals surface area contributed by atoms with Crippen LogP contribution in [0.3, 0.4) is 0 Å². The zero-order chi connectivity index (χ0) is 20.5. The van der Waals surface area contributed by atoms with E-state index >= 15 is 0 Å². The van der Waals surface area contributed by atoms with Crippen molar-refractivity contribution >= 4 is 11.0 Å². The number of para-hydroxylation sites is 2. The molecule has 3 aromatic rings. The largest absolute Gasteiger partial charge is 0.493 e. The van der Waals surface area contributed by atoms with Gasteiger partial charge in [-0.15, -0.1) is 0 Å². The van der Waals surface area contributed by atoms with E-state index in [0.29, 0.717) is 0 Å². The Bertz CT molecular complexity index is 901. The van der Waals surface area contributed by atoms with Gasteiger partial charge in [-0.25, -0.2) is 4.98 Å². The van der Waals surface area contributed by atoms with Crippen molar-refractivity contribution in [2.75, 3.05) is 14.2 Å². The molecule has 4 nitrogen and oxygen atoms in total. The molecule has 0 aliphatic carbocycles. The van der Waals surface area contributed by atoms with Crippen molar-refractivity contribution in [2.24, 2.45) is 0 Å². The first-order valence-corrected chi connectivity index (χ1v) is 10.9. The summed E-state index contributed by atoms with van der Waals surface area (Å²) in [7, 11) is 3.34. The van der Waals surface area contributed by atoms with Crippen LogP contribution in [0.2, 0.25) is 0 Å². The van der Waals surface area contributed by atoms with Crippen LogP contribution >= 0.6 is 0 Å². The lowest BCUT2D eigenvalue weighted by atomic mass is 10.1. The first-order chi connectivity index (χ1) is 14.3. The number of rotatable bonds is 12. The predicted molar refractivity (Wildman–Crippen MR) is 120 cm³/mol. The maximum absolute atomic E-state index is 5.47. The van der Waals surface area contributed by atoms with Gasteiger partial charge in [-0.3, -0.25) is 0 Å². The van der Waals surface area contributed by atoms with E-state index in [-0.39, 0.29) is 0 Å². The molecule has 0 aliphatic rings. The SMILES string of the molecule is CCCCCCCCCn1c(Cc2ccc(OC)c(OC)c2)nc2ccccc21. The number of aromatic nitrogens is 2. The molecule has 0 unspecified atom stereocenters. The summed E-state index contributed by atoms with van der Waals surface area (Å²) in [5.74, 6) is 2.64. The molecule has 29 heavy (non-hydrogen) atoms. The Morgan fingerprint density at radius 1 is 0.828 bits per heavy atom. The second-order valence-corrected chi connectivity index (χ2v) is 7.66. The number of fused-ring (bicyclic) bond motifs is 1. The van der Waals surface area contributed by atoms with E-state index in [1.54, 1.807) is 14.2 Å². The van der Waals surface area contributed by atoms with E-state index in [1.807, 2.05) is 6.07 Å². The number of hydrogen-bond donors (Lipinski definition) is 0. The highest BCUT2D eigenvalue weighted by molar-refractivity contribution is 5.76. The monoisotopic (exact) mass is 394 g/mol. The fourth-order valence-corrected chi connectivity index (χ4v) is 3.91. The van der Waals surface area contributed by atoms with Gasteiger partial charge in [0, 0.05) is 13.0 Å². The van der Waals surface area contributed by atoms with E-state index in [2.05, 4.69) is 47.9 Å². The second kappa shape index (κ2) is 10.9. The van der Waals surface area contributed by atoms with E-state index in [0.717, 1.165) is 35.8 Å². The zero-order valence-electron chi connectivity index (χ0n) is 18.1. The number of nitrogens with zero attached hydrogens (tertiary/aromatic N) is 2. The molecule has 156 valence electrons. The molecule has 1 aromatic heterocycles. The van der Waals surface area contributed by atoms with E-state index < -0.39 is 0 Å². The van der Waals surface area contributed by atoms with E-state index in [9.17, 15) is 0 Å². The molecule has 3 rings (SSSR count). The highest BCUT2D eigenvalue weighted by Crippen LogP contribution is 2.29. The lowest BCUT2D eigenvalue weighted by Gasteiger charge is -2.12. The zero-order valence-corrected chi connectivity index (χ0v) is 18.1. The molecule has 0 saturated heterocycles. The summed E-state index contributed by atoms with van der Waals surface area (Å²) in [4.78, 5) is 4.94. The number of unbranched alkanes of at least 4 members (excludes halogenated alkanes) is 6. The van der Waals surface area contributed by atoms with Gasteiger partial charge in [0.1, 0.15) is 5.82 Å². The molecular weight excluding hydrogens is 360 g/mol. The Balaban J connectivity index is 1.73. The quantitative estimate of drug-likeness (QED) is 0.334. The number of methoxy groups -OCH3 is 2. The van der Waals surface area contributed by atoms with Gasteiger partial charge in [-0.2, -0.15) is 0 Å². The normalized spacial score (nSPS) is 11.1. The van der Waals surface area contributed by atoms with Gasteiger partial charge in [0.2, 0.25) is 0 Å². The maximum Gasteiger partial charge on any atom is 0.161 e. The van der Waals surface area contributed by atoms with Crippen LogP contribution in [0.15, 0.2) is 42.5 Å². The van der Waals surface area contributed by atoms with E-state index in [1.165, 1.54) is 56.0 Å². The van der Waals surface area contributed by atoms with Gasteiger partial charge in [0.15, 0.2) is 11.5 Å². The lowest BCUT2D eigenvalue weighted by molar-refractivity contribution is 0.354. The summed E-state index contributed by atoms with van der Waals surface area (Å²) >= 11 is 0. The Morgan fingerprint density at radius 3 is 2.31 bits per heavy atom. The van der Waals surface area contributed by atoms with Crippen LogP contribution < -0.4 is 9.47 Å². The third-order valence-electron chi connectivity index (χ3n) is 5.53. The minimum atomic E-state index is 0.757. The Hall–Kier alpha value is -2.49. The van der Waals surface area contributed by atoms with E-state index in [4.69, 9.17) is 14.5 Å². The highest BCUT2D eigenvalue weighted by Gasteiger charge is 2.12. The molecular formula is C25H34N2O2. The number of benzene rings is 2. The molecule has 0 spiro atoms. The third kappa shape index (κ3) is 5.53. The average Bonchev–Trinajstić information content (AvgIpc) is 3.10. The van der Waals surface area contributed by atoms with Crippen molar-refractivity contribution in [1.29, 1.82) is 0 Å². The fraction of sp³-hybridized carbons (Fsp3) is 0.480. The molecule has 4 heteroatoms. The fourth-order valence-electron chi connectivity index (χ4n) is 3.91. The summed E-state index contributed by atoms with van der Waals surface area (Å²) in [5.41, 5.74) is 3.48. The smallest absolute Gasteiger partial charge is 0.161 e. The number of imidazole rings is 1. The topological polar surface area (TPSA) is 36.3 Å². The molecule has 0 bridgehead atoms. The minimum Gasteiger partial charge on any atom is -0.493 e. The molecule has 0 radical (unpaired) electrons. The van der Waals surface area contributed by atoms with Gasteiger partial charge < -0.3 is 14.0 Å². The summed E-state index contributed by atoms with van der Waals surface area (Å²) in [5, 5.41) is 0. The number of ether oxygens (including phenoxy) is 2. The van der Waals surface area contributed by atoms with Crippen molar-refractivity contribution in [3.63, 3.8) is 0 Å². The molecule has 0 saturated carbocycles. The summed E-state index contributed by atoms with van der Waals surface area (Å²) in [6.45, 7) is 3.29. The molecule has 2 aromatic carbocycles. The van der Waals surface area contributed by atoms with Crippen LogP contribution in [-0.2, 0) is 13.0 Å². The Kier molecular flexibility index (Phi) is 7.97. The van der Waals surface area contributed by atoms with Crippen LogP contribution in [0.5, 0.6) is 11.5 Å². The van der Waals surface area contributed by atoms with Crippen molar-refractivity contribution in [2.45, 2.75) is 64.8 Å². The van der Waals surface area contributed by atoms with Crippen LogP contribution in [-0.4, -0.2) is 23.8 Å². The lowest BCUT2D eigenvalue weighted by Crippen LogP contribution is -2.05. The molecule has 0 aliphatic heterocycles. The summed E-state index contributed by atoms with van der Waals surface area (Å²) in [6.07, 6.45) is 9.99. The van der Waals surface area contributed by atoms with Gasteiger partial charge in [0.25, 0.3) is 0 Å². The minimum absolute atomic E-state index is 0.757. The average molecular weight is 395 g/mol. The molecule has 0 N–H and O–H groups in total. The van der Waals surface area contributed by atoms with Gasteiger partial charge in [-0.05, 0) is 36.2 Å². The summed E-state index contributed by atoms with van der Waals surface area (Å²) in [6, 6.07) is 14.6. The standard InChI is InChI=1S/C25H34N2O2/c1-4-5-6-7-8-9-12-17-27-22-14-11-10-13-21(22)26-25(27)19-20-15-16-23(28-2)24(18-20)29-3/h10-11,13-16,18H,4-9,12,17,19H2,1-3H3.